The van der Waals surface area contributed by atoms with Crippen molar-refractivity contribution in [2.45, 2.75) is 102 Å². The topological polar surface area (TPSA) is 81.1 Å². The van der Waals surface area contributed by atoms with Crippen molar-refractivity contribution in [2.75, 3.05) is 26.3 Å². The zero-order valence-electron chi connectivity index (χ0n) is 28.9. The summed E-state index contributed by atoms with van der Waals surface area (Å²) < 4.78 is 0. The molecule has 2 aromatic carbocycles. The lowest BCUT2D eigenvalue weighted by molar-refractivity contribution is -0.117. The number of nitrogens with zero attached hydrogens (tertiary/aromatic N) is 2. The zero-order valence-corrected chi connectivity index (χ0v) is 32.2. The minimum absolute atomic E-state index is 0.0766. The van der Waals surface area contributed by atoms with E-state index in [0.29, 0.717) is 25.9 Å². The molecule has 0 aliphatic heterocycles. The lowest BCUT2D eigenvalue weighted by Crippen LogP contribution is -2.22. The normalized spacial score (nSPS) is 12.3. The van der Waals surface area contributed by atoms with Crippen LogP contribution in [-0.4, -0.2) is 59.1 Å². The first-order chi connectivity index (χ1) is 23.5. The van der Waals surface area contributed by atoms with Gasteiger partial charge in [-0.25, -0.2) is 0 Å². The van der Waals surface area contributed by atoms with Gasteiger partial charge in [0.05, 0.1) is 0 Å². The van der Waals surface area contributed by atoms with Crippen LogP contribution < -0.4 is 0 Å². The van der Waals surface area contributed by atoms with Gasteiger partial charge in [0.2, 0.25) is 12.8 Å². The number of aliphatic hydroxyl groups excluding tert-OH is 2. The van der Waals surface area contributed by atoms with Crippen LogP contribution in [0.5, 0.6) is 0 Å². The summed E-state index contributed by atoms with van der Waals surface area (Å²) in [5.74, 6) is 1.76. The summed E-state index contributed by atoms with van der Waals surface area (Å²) >= 11 is 0. The molecule has 48 heavy (non-hydrogen) atoms. The summed E-state index contributed by atoms with van der Waals surface area (Å²) in [5, 5.41) is 19.2. The number of allylic oxidation sites excluding steroid dienone is 2. The van der Waals surface area contributed by atoms with Gasteiger partial charge in [-0.3, -0.25) is 9.59 Å². The lowest BCUT2D eigenvalue weighted by Gasteiger charge is -2.21. The number of hydrogen-bond donors (Lipinski definition) is 2. The van der Waals surface area contributed by atoms with E-state index in [2.05, 4.69) is 24.3 Å². The molecule has 0 bridgehead atoms. The molecule has 0 fully saturated rings. The molecule has 10 heteroatoms. The number of benzene rings is 2. The highest BCUT2D eigenvalue weighted by atomic mass is 33.1. The van der Waals surface area contributed by atoms with Gasteiger partial charge in [0.25, 0.3) is 0 Å². The smallest absolute Gasteiger partial charge is 0.213 e. The molecule has 0 aromatic heterocycles. The Kier molecular flexibility index (Phi) is 24.7. The fourth-order valence-electron chi connectivity index (χ4n) is 5.15. The van der Waals surface area contributed by atoms with E-state index in [1.807, 2.05) is 50.2 Å². The molecule has 266 valence electrons. The molecule has 2 N–H and O–H groups in total. The van der Waals surface area contributed by atoms with Crippen LogP contribution >= 0.6 is 43.2 Å². The molecule has 0 saturated carbocycles. The summed E-state index contributed by atoms with van der Waals surface area (Å²) in [6.45, 7) is 5.57. The lowest BCUT2D eigenvalue weighted by atomic mass is 10.1. The number of carbonyl (C=O) groups is 2. The molecular formula is C38H56N2O4S4. The summed E-state index contributed by atoms with van der Waals surface area (Å²) in [7, 11) is 6.82. The summed E-state index contributed by atoms with van der Waals surface area (Å²) in [4.78, 5) is 29.5. The first-order valence-electron chi connectivity index (χ1n) is 17.3. The van der Waals surface area contributed by atoms with E-state index in [-0.39, 0.29) is 13.2 Å². The van der Waals surface area contributed by atoms with Crippen molar-refractivity contribution in [1.29, 1.82) is 0 Å². The molecule has 2 rings (SSSR count). The van der Waals surface area contributed by atoms with E-state index in [9.17, 15) is 19.8 Å². The Morgan fingerprint density at radius 2 is 0.896 bits per heavy atom. The van der Waals surface area contributed by atoms with Crippen LogP contribution in [0.15, 0.2) is 81.9 Å². The minimum Gasteiger partial charge on any atom is -0.396 e. The van der Waals surface area contributed by atoms with Crippen molar-refractivity contribution in [3.8, 4) is 0 Å². The van der Waals surface area contributed by atoms with Gasteiger partial charge >= 0.3 is 0 Å². The quantitative estimate of drug-likeness (QED) is 0.0486. The van der Waals surface area contributed by atoms with Gasteiger partial charge in [0.1, 0.15) is 0 Å². The maximum Gasteiger partial charge on any atom is 0.213 e. The third-order valence-corrected chi connectivity index (χ3v) is 13.3. The van der Waals surface area contributed by atoms with Crippen LogP contribution in [0, 0.1) is 0 Å². The number of carbonyl (C=O) groups excluding carboxylic acids is 2. The van der Waals surface area contributed by atoms with Crippen LogP contribution in [0.4, 0.5) is 0 Å². The van der Waals surface area contributed by atoms with Crippen LogP contribution in [0.2, 0.25) is 0 Å². The average molecular weight is 733 g/mol. The Hall–Kier alpha value is -1.82. The Bertz CT molecular complexity index is 1100. The molecule has 0 atom stereocenters. The second kappa shape index (κ2) is 27.9. The first-order valence-corrected chi connectivity index (χ1v) is 21.9. The number of aliphatic hydroxyl groups is 2. The molecule has 0 aliphatic carbocycles. The van der Waals surface area contributed by atoms with Crippen molar-refractivity contribution in [3.05, 3.63) is 93.0 Å². The van der Waals surface area contributed by atoms with E-state index >= 15 is 0 Å². The van der Waals surface area contributed by atoms with E-state index in [0.717, 1.165) is 71.2 Å². The largest absolute Gasteiger partial charge is 0.396 e. The number of rotatable bonds is 29. The van der Waals surface area contributed by atoms with Crippen molar-refractivity contribution >= 4 is 56.0 Å². The Labute approximate surface area is 305 Å². The van der Waals surface area contributed by atoms with Gasteiger partial charge < -0.3 is 20.0 Å². The average Bonchev–Trinajstić information content (AvgIpc) is 3.11. The molecular weight excluding hydrogens is 677 g/mol. The maximum absolute atomic E-state index is 11.9. The Morgan fingerprint density at radius 3 is 1.21 bits per heavy atom. The van der Waals surface area contributed by atoms with Crippen LogP contribution in [-0.2, 0) is 21.1 Å². The zero-order chi connectivity index (χ0) is 34.7. The molecule has 0 aliphatic rings. The van der Waals surface area contributed by atoms with Crippen molar-refractivity contribution in [3.63, 3.8) is 0 Å². The van der Waals surface area contributed by atoms with Crippen LogP contribution in [0.25, 0.3) is 0 Å². The molecule has 2 amide bonds. The molecule has 0 unspecified atom stereocenters. The van der Waals surface area contributed by atoms with E-state index in [4.69, 9.17) is 0 Å². The SMILES string of the molecule is C/C(=C(\CCO)SSCc1ccccc1)N(C=O)CCCCCCCCCCCCN(C=O)/C(C)=C(/CCO)SSCc1ccccc1. The monoisotopic (exact) mass is 732 g/mol. The number of unbranched alkanes of at least 4 members (excludes halogenated alkanes) is 9. The van der Waals surface area contributed by atoms with Gasteiger partial charge in [0.15, 0.2) is 0 Å². The number of amides is 2. The van der Waals surface area contributed by atoms with E-state index in [1.54, 1.807) is 53.0 Å². The van der Waals surface area contributed by atoms with E-state index in [1.165, 1.54) is 49.7 Å². The van der Waals surface area contributed by atoms with Gasteiger partial charge in [-0.15, -0.1) is 0 Å². The Morgan fingerprint density at radius 1 is 0.562 bits per heavy atom. The Balaban J connectivity index is 1.58. The predicted octanol–water partition coefficient (Wildman–Crippen LogP) is 10.2. The highest BCUT2D eigenvalue weighted by molar-refractivity contribution is 8.78. The highest BCUT2D eigenvalue weighted by Crippen LogP contribution is 2.38. The van der Waals surface area contributed by atoms with Crippen molar-refractivity contribution < 1.29 is 19.8 Å². The fourth-order valence-corrected chi connectivity index (χ4v) is 10.3. The first kappa shape index (κ1) is 42.3. The maximum atomic E-state index is 11.9. The minimum atomic E-state index is 0.0766. The number of hydrogen-bond acceptors (Lipinski definition) is 8. The third-order valence-electron chi connectivity index (χ3n) is 8.10. The van der Waals surface area contributed by atoms with Gasteiger partial charge in [0, 0.05) is 71.9 Å². The highest BCUT2D eigenvalue weighted by Gasteiger charge is 2.13. The molecule has 0 heterocycles. The third kappa shape index (κ3) is 18.3. The molecule has 0 spiro atoms. The van der Waals surface area contributed by atoms with Crippen LogP contribution in [0.1, 0.15) is 102 Å². The predicted molar refractivity (Wildman–Crippen MR) is 211 cm³/mol. The molecule has 6 nitrogen and oxygen atoms in total. The van der Waals surface area contributed by atoms with Gasteiger partial charge in [-0.1, -0.05) is 155 Å². The fraction of sp³-hybridized carbons (Fsp3) is 0.526. The summed E-state index contributed by atoms with van der Waals surface area (Å²) in [6, 6.07) is 20.7. The van der Waals surface area contributed by atoms with Gasteiger partial charge in [-0.2, -0.15) is 0 Å². The van der Waals surface area contributed by atoms with Crippen molar-refractivity contribution in [1.82, 2.24) is 9.80 Å². The van der Waals surface area contributed by atoms with Crippen molar-refractivity contribution in [2.24, 2.45) is 0 Å². The second-order valence-corrected chi connectivity index (χ2v) is 16.5. The molecule has 0 saturated heterocycles. The summed E-state index contributed by atoms with van der Waals surface area (Å²) in [5.41, 5.74) is 4.44. The van der Waals surface area contributed by atoms with Crippen LogP contribution in [0.3, 0.4) is 0 Å². The van der Waals surface area contributed by atoms with E-state index < -0.39 is 0 Å². The molecule has 2 aromatic rings. The van der Waals surface area contributed by atoms with Gasteiger partial charge in [-0.05, 0) is 37.8 Å². The second-order valence-electron chi connectivity index (χ2n) is 11.8. The molecule has 0 radical (unpaired) electrons. The summed E-state index contributed by atoms with van der Waals surface area (Å²) in [6.07, 6.45) is 14.4. The standard InChI is InChI=1S/C38H56N2O4S4/c1-33(37(23-27-41)47-45-29-35-19-13-11-14-20-35)39(31-43)25-17-9-7-5-3-4-6-8-10-18-26-40(32-44)34(2)38(24-28-42)48-46-30-36-21-15-12-16-22-36/h11-16,19-22,31-32,41-42H,3-10,17-18,23-30H2,1-2H3/b37-33-,38-34-.